The van der Waals surface area contributed by atoms with Crippen molar-refractivity contribution in [3.05, 3.63) is 48.3 Å². The van der Waals surface area contributed by atoms with E-state index in [1.165, 1.54) is 5.01 Å². The summed E-state index contributed by atoms with van der Waals surface area (Å²) < 4.78 is 16.1. The second-order valence-corrected chi connectivity index (χ2v) is 8.50. The van der Waals surface area contributed by atoms with Crippen molar-refractivity contribution in [3.63, 3.8) is 0 Å². The van der Waals surface area contributed by atoms with E-state index in [1.54, 1.807) is 60.3 Å². The van der Waals surface area contributed by atoms with Crippen LogP contribution in [-0.4, -0.2) is 51.7 Å². The first-order valence-corrected chi connectivity index (χ1v) is 10.8. The number of carbonyl (C=O) groups excluding carboxylic acids is 2. The number of amides is 1. The van der Waals surface area contributed by atoms with Crippen LogP contribution in [0.5, 0.6) is 0 Å². The Morgan fingerprint density at radius 2 is 2.07 bits per heavy atom. The summed E-state index contributed by atoms with van der Waals surface area (Å²) in [5, 5.41) is 5.52. The zero-order chi connectivity index (χ0) is 18.6. The lowest BCUT2D eigenvalue weighted by molar-refractivity contribution is -0.152. The van der Waals surface area contributed by atoms with Gasteiger partial charge < -0.3 is 13.6 Å². The molecule has 1 fully saturated rings. The molecule has 1 amide bonds. The highest BCUT2D eigenvalue weighted by Crippen LogP contribution is 2.33. The number of hydrogen-bond acceptors (Lipinski definition) is 8. The Morgan fingerprint density at radius 3 is 2.78 bits per heavy atom. The first kappa shape index (κ1) is 18.2. The van der Waals surface area contributed by atoms with Crippen LogP contribution >= 0.6 is 23.5 Å². The molecule has 4 rings (SSSR count). The molecule has 2 aliphatic rings. The van der Waals surface area contributed by atoms with E-state index in [4.69, 9.17) is 13.6 Å². The maximum Gasteiger partial charge on any atom is 0.320 e. The number of furan rings is 2. The molecule has 7 nitrogen and oxygen atoms in total. The Hall–Kier alpha value is -2.13. The summed E-state index contributed by atoms with van der Waals surface area (Å²) >= 11 is 3.30. The predicted molar refractivity (Wildman–Crippen MR) is 103 cm³/mol. The number of hydrogen-bond donors (Lipinski definition) is 0. The highest BCUT2D eigenvalue weighted by Gasteiger charge is 2.36. The van der Waals surface area contributed by atoms with Crippen molar-refractivity contribution >= 4 is 41.1 Å². The van der Waals surface area contributed by atoms with Crippen LogP contribution in [0.4, 0.5) is 0 Å². The maximum absolute atomic E-state index is 12.7. The molecule has 0 spiro atoms. The molecule has 142 valence electrons. The quantitative estimate of drug-likeness (QED) is 0.706. The predicted octanol–water partition coefficient (Wildman–Crippen LogP) is 2.94. The molecule has 0 aromatic carbocycles. The molecule has 2 atom stereocenters. The lowest BCUT2D eigenvalue weighted by Crippen LogP contribution is -2.34. The molecule has 1 saturated heterocycles. The minimum atomic E-state index is -0.389. The summed E-state index contributed by atoms with van der Waals surface area (Å²) in [6.45, 7) is -0.341. The van der Waals surface area contributed by atoms with Gasteiger partial charge in [0.15, 0.2) is 6.61 Å². The van der Waals surface area contributed by atoms with Gasteiger partial charge in [-0.3, -0.25) is 9.59 Å². The molecule has 4 heterocycles. The van der Waals surface area contributed by atoms with Gasteiger partial charge in [0, 0.05) is 23.7 Å². The number of nitrogens with zero attached hydrogens (tertiary/aromatic N) is 2. The van der Waals surface area contributed by atoms with E-state index in [0.29, 0.717) is 23.7 Å². The zero-order valence-electron chi connectivity index (χ0n) is 14.4. The second kappa shape index (κ2) is 8.26. The molecule has 0 unspecified atom stereocenters. The Morgan fingerprint density at radius 1 is 1.22 bits per heavy atom. The first-order valence-electron chi connectivity index (χ1n) is 8.55. The number of ether oxygens (including phenoxy) is 1. The van der Waals surface area contributed by atoms with Crippen LogP contribution in [0.15, 0.2) is 50.7 Å². The van der Waals surface area contributed by atoms with E-state index in [9.17, 15) is 9.59 Å². The monoisotopic (exact) mass is 406 g/mol. The first-order chi connectivity index (χ1) is 13.2. The van der Waals surface area contributed by atoms with E-state index in [2.05, 4.69) is 5.10 Å². The number of carbonyl (C=O) groups is 2. The van der Waals surface area contributed by atoms with Gasteiger partial charge in [0.2, 0.25) is 0 Å². The van der Waals surface area contributed by atoms with Gasteiger partial charge >= 0.3 is 5.97 Å². The molecule has 9 heteroatoms. The molecule has 0 aliphatic carbocycles. The molecule has 0 N–H and O–H groups in total. The molecule has 2 aliphatic heterocycles. The average molecular weight is 406 g/mol. The van der Waals surface area contributed by atoms with E-state index >= 15 is 0 Å². The molecular formula is C18H18N2O5S2. The average Bonchev–Trinajstić information content (AvgIpc) is 3.46. The van der Waals surface area contributed by atoms with Crippen molar-refractivity contribution in [2.45, 2.75) is 17.7 Å². The number of rotatable bonds is 5. The van der Waals surface area contributed by atoms with Crippen molar-refractivity contribution in [2.75, 3.05) is 23.9 Å². The summed E-state index contributed by atoms with van der Waals surface area (Å²) in [4.78, 5) is 24.9. The van der Waals surface area contributed by atoms with Crippen LogP contribution in [0.25, 0.3) is 0 Å². The summed E-state index contributed by atoms with van der Waals surface area (Å²) in [6, 6.07) is 6.75. The van der Waals surface area contributed by atoms with Crippen molar-refractivity contribution in [2.24, 2.45) is 5.10 Å². The van der Waals surface area contributed by atoms with Crippen LogP contribution < -0.4 is 0 Å². The van der Waals surface area contributed by atoms with Gasteiger partial charge in [-0.2, -0.15) is 16.9 Å². The van der Waals surface area contributed by atoms with Gasteiger partial charge in [-0.25, -0.2) is 5.01 Å². The smallest absolute Gasteiger partial charge is 0.320 e. The second-order valence-electron chi connectivity index (χ2n) is 6.04. The SMILES string of the molecule is O=C(OCC(=O)N1N=C(c2ccco2)C[C@@H]1c1ccco1)[C@H]1CSCCS1. The lowest BCUT2D eigenvalue weighted by Gasteiger charge is -2.22. The number of thioether (sulfide) groups is 2. The Balaban J connectivity index is 1.44. The van der Waals surface area contributed by atoms with Crippen LogP contribution in [0, 0.1) is 0 Å². The lowest BCUT2D eigenvalue weighted by atomic mass is 10.1. The Labute approximate surface area is 164 Å². The summed E-state index contributed by atoms with van der Waals surface area (Å²) in [6.07, 6.45) is 3.59. The molecular weight excluding hydrogens is 388 g/mol. The van der Waals surface area contributed by atoms with Crippen molar-refractivity contribution in [3.8, 4) is 0 Å². The third-order valence-electron chi connectivity index (χ3n) is 4.26. The van der Waals surface area contributed by atoms with Gasteiger partial charge in [0.05, 0.1) is 12.5 Å². The van der Waals surface area contributed by atoms with Crippen LogP contribution in [0.1, 0.15) is 24.0 Å². The van der Waals surface area contributed by atoms with E-state index in [0.717, 1.165) is 17.3 Å². The Kier molecular flexibility index (Phi) is 5.58. The summed E-state index contributed by atoms with van der Waals surface area (Å²) in [7, 11) is 0. The third kappa shape index (κ3) is 4.08. The summed E-state index contributed by atoms with van der Waals surface area (Å²) in [5.74, 6) is 3.17. The van der Waals surface area contributed by atoms with Gasteiger partial charge in [-0.1, -0.05) is 0 Å². The number of hydrazone groups is 1. The third-order valence-corrected chi connectivity index (χ3v) is 6.99. The molecule has 0 radical (unpaired) electrons. The van der Waals surface area contributed by atoms with Crippen molar-refractivity contribution in [1.29, 1.82) is 0 Å². The van der Waals surface area contributed by atoms with Gasteiger partial charge in [0.1, 0.15) is 28.5 Å². The molecule has 2 aromatic heterocycles. The highest BCUT2D eigenvalue weighted by atomic mass is 32.2. The molecule has 0 saturated carbocycles. The topological polar surface area (TPSA) is 85.3 Å². The zero-order valence-corrected chi connectivity index (χ0v) is 16.0. The highest BCUT2D eigenvalue weighted by molar-refractivity contribution is 8.07. The van der Waals surface area contributed by atoms with Crippen LogP contribution in [0.3, 0.4) is 0 Å². The van der Waals surface area contributed by atoms with Crippen LogP contribution in [-0.2, 0) is 14.3 Å². The van der Waals surface area contributed by atoms with E-state index in [1.807, 2.05) is 0 Å². The largest absolute Gasteiger partial charge is 0.467 e. The van der Waals surface area contributed by atoms with E-state index < -0.39 is 0 Å². The molecule has 0 bridgehead atoms. The standard InChI is InChI=1S/C18H18N2O5S2/c21-17(10-25-18(22)16-11-26-7-8-27-16)20-13(15-4-2-6-24-15)9-12(19-20)14-3-1-5-23-14/h1-6,13,16H,7-11H2/t13-,16-/m1/s1. The normalized spacial score (nSPS) is 22.5. The van der Waals surface area contributed by atoms with Crippen molar-refractivity contribution in [1.82, 2.24) is 5.01 Å². The minimum Gasteiger partial charge on any atom is -0.467 e. The number of esters is 1. The van der Waals surface area contributed by atoms with E-state index in [-0.39, 0.29) is 29.8 Å². The fourth-order valence-electron chi connectivity index (χ4n) is 2.95. The van der Waals surface area contributed by atoms with Crippen LogP contribution in [0.2, 0.25) is 0 Å². The minimum absolute atomic E-state index is 0.210. The maximum atomic E-state index is 12.7. The molecule has 2 aromatic rings. The fraction of sp³-hybridized carbons (Fsp3) is 0.389. The molecule has 27 heavy (non-hydrogen) atoms. The van der Waals surface area contributed by atoms with Gasteiger partial charge in [-0.05, 0) is 24.3 Å². The van der Waals surface area contributed by atoms with Gasteiger partial charge in [-0.15, -0.1) is 11.8 Å². The van der Waals surface area contributed by atoms with Gasteiger partial charge in [0.25, 0.3) is 5.91 Å². The summed E-state index contributed by atoms with van der Waals surface area (Å²) in [5.41, 5.74) is 0.653. The van der Waals surface area contributed by atoms with Crippen molar-refractivity contribution < 1.29 is 23.2 Å². The Bertz CT molecular complexity index is 813. The fourth-order valence-corrected chi connectivity index (χ4v) is 5.49.